The number of hydrogen-bond acceptors (Lipinski definition) is 3. The number of phenolic OH excluding ortho intramolecular Hbond substituents is 1. The number of hydrogen-bond donors (Lipinski definition) is 2. The van der Waals surface area contributed by atoms with Crippen molar-refractivity contribution in [2.24, 2.45) is 5.10 Å². The van der Waals surface area contributed by atoms with E-state index in [9.17, 15) is 9.90 Å². The van der Waals surface area contributed by atoms with Crippen molar-refractivity contribution in [2.45, 2.75) is 38.6 Å². The number of phenols is 1. The minimum absolute atomic E-state index is 0.140. The van der Waals surface area contributed by atoms with Gasteiger partial charge in [-0.2, -0.15) is 5.10 Å². The summed E-state index contributed by atoms with van der Waals surface area (Å²) in [5.41, 5.74) is 7.26. The van der Waals surface area contributed by atoms with Crippen LogP contribution in [0.1, 0.15) is 36.1 Å². The first-order chi connectivity index (χ1) is 15.2. The molecule has 1 amide bonds. The van der Waals surface area contributed by atoms with Gasteiger partial charge in [-0.15, -0.1) is 0 Å². The Morgan fingerprint density at radius 2 is 1.77 bits per heavy atom. The number of aromatic nitrogens is 1. The third-order valence-corrected chi connectivity index (χ3v) is 6.18. The van der Waals surface area contributed by atoms with E-state index in [-0.39, 0.29) is 11.7 Å². The minimum Gasteiger partial charge on any atom is -0.507 e. The highest BCUT2D eigenvalue weighted by Crippen LogP contribution is 2.32. The summed E-state index contributed by atoms with van der Waals surface area (Å²) in [5.74, 6) is 0.000421. The van der Waals surface area contributed by atoms with Crippen LogP contribution in [0.3, 0.4) is 0 Å². The number of benzene rings is 3. The Morgan fingerprint density at radius 3 is 2.68 bits per heavy atom. The Labute approximate surface area is 181 Å². The molecule has 0 atom stereocenters. The molecule has 0 fully saturated rings. The molecule has 0 spiro atoms. The summed E-state index contributed by atoms with van der Waals surface area (Å²) < 4.78 is 2.31. The van der Waals surface area contributed by atoms with Gasteiger partial charge in [0.25, 0.3) is 0 Å². The van der Waals surface area contributed by atoms with E-state index in [4.69, 9.17) is 0 Å². The third kappa shape index (κ3) is 3.67. The molecule has 156 valence electrons. The molecule has 2 N–H and O–H groups in total. The fraction of sp³-hybridized carbons (Fsp3) is 0.231. The van der Waals surface area contributed by atoms with Crippen molar-refractivity contribution in [3.63, 3.8) is 0 Å². The van der Waals surface area contributed by atoms with E-state index in [0.717, 1.165) is 23.6 Å². The molecule has 31 heavy (non-hydrogen) atoms. The molecule has 5 nitrogen and oxygen atoms in total. The second-order valence-corrected chi connectivity index (χ2v) is 8.06. The predicted octanol–water partition coefficient (Wildman–Crippen LogP) is 4.92. The van der Waals surface area contributed by atoms with Gasteiger partial charge in [0.15, 0.2) is 0 Å². The summed E-state index contributed by atoms with van der Waals surface area (Å²) in [5, 5.41) is 17.5. The van der Waals surface area contributed by atoms with E-state index >= 15 is 0 Å². The van der Waals surface area contributed by atoms with Crippen LogP contribution in [0.2, 0.25) is 0 Å². The fourth-order valence-electron chi connectivity index (χ4n) is 4.70. The molecule has 4 aromatic rings. The van der Waals surface area contributed by atoms with Crippen LogP contribution in [0.15, 0.2) is 65.8 Å². The second-order valence-electron chi connectivity index (χ2n) is 8.06. The summed E-state index contributed by atoms with van der Waals surface area (Å²) in [6.07, 6.45) is 6.50. The number of rotatable bonds is 5. The van der Waals surface area contributed by atoms with Gasteiger partial charge in [-0.25, -0.2) is 5.43 Å². The molecular formula is C26H25N3O2. The Balaban J connectivity index is 1.30. The highest BCUT2D eigenvalue weighted by atomic mass is 16.3. The first-order valence-corrected chi connectivity index (χ1v) is 10.8. The predicted molar refractivity (Wildman–Crippen MR) is 125 cm³/mol. The van der Waals surface area contributed by atoms with Gasteiger partial charge in [0, 0.05) is 35.1 Å². The molecule has 1 aliphatic carbocycles. The van der Waals surface area contributed by atoms with Crippen LogP contribution in [0, 0.1) is 0 Å². The fourth-order valence-corrected chi connectivity index (χ4v) is 4.70. The van der Waals surface area contributed by atoms with Crippen molar-refractivity contribution in [3.05, 3.63) is 77.5 Å². The molecule has 0 bridgehead atoms. The molecule has 1 aliphatic rings. The number of amides is 1. The zero-order valence-electron chi connectivity index (χ0n) is 17.3. The largest absolute Gasteiger partial charge is 0.507 e. The Bertz CT molecular complexity index is 1300. The summed E-state index contributed by atoms with van der Waals surface area (Å²) >= 11 is 0. The maximum Gasteiger partial charge on any atom is 0.241 e. The molecule has 0 saturated carbocycles. The van der Waals surface area contributed by atoms with E-state index in [1.165, 1.54) is 41.2 Å². The van der Waals surface area contributed by atoms with E-state index in [0.29, 0.717) is 18.5 Å². The Hall–Kier alpha value is -3.60. The lowest BCUT2D eigenvalue weighted by Crippen LogP contribution is -2.20. The summed E-state index contributed by atoms with van der Waals surface area (Å²) in [4.78, 5) is 12.5. The highest BCUT2D eigenvalue weighted by Gasteiger charge is 2.19. The van der Waals surface area contributed by atoms with Gasteiger partial charge in [-0.1, -0.05) is 48.5 Å². The topological polar surface area (TPSA) is 66.6 Å². The monoisotopic (exact) mass is 411 g/mol. The average molecular weight is 412 g/mol. The van der Waals surface area contributed by atoms with Crippen molar-refractivity contribution in [1.29, 1.82) is 0 Å². The number of aromatic hydroxyl groups is 1. The minimum atomic E-state index is -0.140. The van der Waals surface area contributed by atoms with Crippen LogP contribution in [-0.4, -0.2) is 21.8 Å². The lowest BCUT2D eigenvalue weighted by Gasteiger charge is -2.15. The van der Waals surface area contributed by atoms with Gasteiger partial charge >= 0.3 is 0 Å². The number of nitrogens with one attached hydrogen (secondary N) is 1. The molecule has 5 rings (SSSR count). The molecule has 1 heterocycles. The van der Waals surface area contributed by atoms with Crippen molar-refractivity contribution >= 4 is 33.8 Å². The Morgan fingerprint density at radius 1 is 1.00 bits per heavy atom. The molecule has 0 aliphatic heterocycles. The van der Waals surface area contributed by atoms with Gasteiger partial charge in [-0.05, 0) is 54.2 Å². The zero-order valence-corrected chi connectivity index (χ0v) is 17.3. The maximum absolute atomic E-state index is 12.5. The van der Waals surface area contributed by atoms with Crippen LogP contribution in [0.5, 0.6) is 5.75 Å². The number of carbonyl (C=O) groups is 1. The normalized spacial score (nSPS) is 13.7. The quantitative estimate of drug-likeness (QED) is 0.362. The van der Waals surface area contributed by atoms with Crippen LogP contribution in [0.4, 0.5) is 0 Å². The average Bonchev–Trinajstić information content (AvgIpc) is 3.13. The van der Waals surface area contributed by atoms with E-state index in [2.05, 4.69) is 39.4 Å². The molecule has 1 aromatic heterocycles. The SMILES string of the molecule is O=C(CCn1c2c(c3ccccc31)CCCC2)N/N=C\c1c(O)ccc2ccccc12. The van der Waals surface area contributed by atoms with Crippen molar-refractivity contribution < 1.29 is 9.90 Å². The molecular weight excluding hydrogens is 386 g/mol. The van der Waals surface area contributed by atoms with Gasteiger partial charge in [0.05, 0.1) is 6.21 Å². The number of para-hydroxylation sites is 1. The van der Waals surface area contributed by atoms with Crippen LogP contribution in [0.25, 0.3) is 21.7 Å². The van der Waals surface area contributed by atoms with E-state index in [1.807, 2.05) is 30.3 Å². The van der Waals surface area contributed by atoms with Gasteiger partial charge < -0.3 is 9.67 Å². The number of nitrogens with zero attached hydrogens (tertiary/aromatic N) is 2. The molecule has 0 radical (unpaired) electrons. The molecule has 0 saturated heterocycles. The molecule has 0 unspecified atom stereocenters. The maximum atomic E-state index is 12.5. The van der Waals surface area contributed by atoms with Gasteiger partial charge in [0.1, 0.15) is 5.75 Å². The van der Waals surface area contributed by atoms with Crippen LogP contribution < -0.4 is 5.43 Å². The lowest BCUT2D eigenvalue weighted by atomic mass is 9.95. The third-order valence-electron chi connectivity index (χ3n) is 6.18. The molecule has 5 heteroatoms. The number of hydrazone groups is 1. The number of fused-ring (bicyclic) bond motifs is 4. The van der Waals surface area contributed by atoms with E-state index in [1.54, 1.807) is 6.07 Å². The standard InChI is InChI=1S/C26H25N3O2/c30-25-14-13-18-7-1-2-8-19(18)22(25)17-27-28-26(31)15-16-29-23-11-5-3-9-20(23)21-10-4-6-12-24(21)29/h1-3,5,7-9,11,13-14,17,30H,4,6,10,12,15-16H2,(H,28,31)/b27-17-. The number of aryl methyl sites for hydroxylation is 2. The van der Waals surface area contributed by atoms with E-state index < -0.39 is 0 Å². The first kappa shape index (κ1) is 19.4. The lowest BCUT2D eigenvalue weighted by molar-refractivity contribution is -0.121. The zero-order chi connectivity index (χ0) is 21.2. The smallest absolute Gasteiger partial charge is 0.241 e. The second kappa shape index (κ2) is 8.26. The number of carbonyl (C=O) groups excluding carboxylic acids is 1. The van der Waals surface area contributed by atoms with Crippen LogP contribution in [-0.2, 0) is 24.2 Å². The molecule has 3 aromatic carbocycles. The first-order valence-electron chi connectivity index (χ1n) is 10.8. The Kier molecular flexibility index (Phi) is 5.16. The van der Waals surface area contributed by atoms with Crippen molar-refractivity contribution in [1.82, 2.24) is 9.99 Å². The summed E-state index contributed by atoms with van der Waals surface area (Å²) in [6.45, 7) is 0.636. The van der Waals surface area contributed by atoms with Crippen molar-refractivity contribution in [2.75, 3.05) is 0 Å². The summed E-state index contributed by atoms with van der Waals surface area (Å²) in [6, 6.07) is 19.8. The van der Waals surface area contributed by atoms with Gasteiger partial charge in [-0.3, -0.25) is 4.79 Å². The van der Waals surface area contributed by atoms with Crippen LogP contribution >= 0.6 is 0 Å². The van der Waals surface area contributed by atoms with Gasteiger partial charge in [0.2, 0.25) is 5.91 Å². The summed E-state index contributed by atoms with van der Waals surface area (Å²) in [7, 11) is 0. The van der Waals surface area contributed by atoms with Crippen molar-refractivity contribution in [3.8, 4) is 5.75 Å². The highest BCUT2D eigenvalue weighted by molar-refractivity contribution is 6.02.